The van der Waals surface area contributed by atoms with Gasteiger partial charge in [-0.2, -0.15) is 0 Å². The number of carbonyl (C=O) groups excluding carboxylic acids is 1. The number of benzene rings is 1. The highest BCUT2D eigenvalue weighted by Crippen LogP contribution is 2.32. The normalized spacial score (nSPS) is 11.1. The van der Waals surface area contributed by atoms with E-state index in [1.54, 1.807) is 12.1 Å². The van der Waals surface area contributed by atoms with Gasteiger partial charge >= 0.3 is 0 Å². The van der Waals surface area contributed by atoms with Gasteiger partial charge in [-0.3, -0.25) is 4.79 Å². The average Bonchev–Trinajstić information content (AvgIpc) is 3.43. The maximum absolute atomic E-state index is 12.4. The summed E-state index contributed by atoms with van der Waals surface area (Å²) in [5.41, 5.74) is 2.60. The van der Waals surface area contributed by atoms with Crippen molar-refractivity contribution in [2.24, 2.45) is 14.1 Å². The first kappa shape index (κ1) is 21.9. The number of aromatic nitrogens is 5. The van der Waals surface area contributed by atoms with Crippen molar-refractivity contribution in [3.8, 4) is 11.3 Å². The van der Waals surface area contributed by atoms with Crippen molar-refractivity contribution in [2.75, 3.05) is 11.1 Å². The molecule has 31 heavy (non-hydrogen) atoms. The molecular weight excluding hydrogens is 475 g/mol. The van der Waals surface area contributed by atoms with Gasteiger partial charge in [-0.15, -0.1) is 21.5 Å². The summed E-state index contributed by atoms with van der Waals surface area (Å²) in [7, 11) is 3.90. The van der Waals surface area contributed by atoms with Crippen LogP contribution < -0.4 is 5.32 Å². The summed E-state index contributed by atoms with van der Waals surface area (Å²) in [5.74, 6) is 0.876. The number of hydrogen-bond donors (Lipinski definition) is 1. The van der Waals surface area contributed by atoms with E-state index >= 15 is 0 Å². The zero-order valence-corrected chi connectivity index (χ0v) is 19.8. The molecule has 0 unspecified atom stereocenters. The van der Waals surface area contributed by atoms with Gasteiger partial charge in [0.25, 0.3) is 0 Å². The number of nitrogens with zero attached hydrogens (tertiary/aromatic N) is 5. The Morgan fingerprint density at radius 1 is 1.23 bits per heavy atom. The van der Waals surface area contributed by atoms with Crippen LogP contribution in [0.5, 0.6) is 0 Å². The van der Waals surface area contributed by atoms with Crippen LogP contribution in [0, 0.1) is 0 Å². The molecule has 0 fully saturated rings. The number of carbonyl (C=O) groups is 1. The molecule has 0 saturated carbocycles. The Morgan fingerprint density at radius 3 is 2.81 bits per heavy atom. The number of thiazole rings is 1. The van der Waals surface area contributed by atoms with Crippen LogP contribution in [-0.4, -0.2) is 36.0 Å². The molecular formula is C20H18Cl2N6OS2. The van der Waals surface area contributed by atoms with E-state index in [1.165, 1.54) is 23.1 Å². The van der Waals surface area contributed by atoms with Crippen molar-refractivity contribution in [1.82, 2.24) is 24.3 Å². The maximum atomic E-state index is 12.4. The number of hydrogen-bond acceptors (Lipinski definition) is 6. The van der Waals surface area contributed by atoms with Gasteiger partial charge < -0.3 is 14.5 Å². The van der Waals surface area contributed by atoms with E-state index in [9.17, 15) is 4.79 Å². The van der Waals surface area contributed by atoms with E-state index in [0.717, 1.165) is 17.1 Å². The molecule has 0 spiro atoms. The SMILES string of the molecule is Cn1cccc1Cc1nnc(SCC(=O)Nc2nc(-c3ccc(Cl)cc3Cl)cs2)n1C. The molecule has 1 amide bonds. The van der Waals surface area contributed by atoms with E-state index in [4.69, 9.17) is 23.2 Å². The Hall–Kier alpha value is -2.33. The van der Waals surface area contributed by atoms with Crippen LogP contribution in [0.2, 0.25) is 10.0 Å². The lowest BCUT2D eigenvalue weighted by atomic mass is 10.2. The van der Waals surface area contributed by atoms with Gasteiger partial charge in [-0.25, -0.2) is 4.98 Å². The van der Waals surface area contributed by atoms with Crippen molar-refractivity contribution >= 4 is 57.3 Å². The van der Waals surface area contributed by atoms with Crippen LogP contribution in [0.1, 0.15) is 11.5 Å². The van der Waals surface area contributed by atoms with Crippen molar-refractivity contribution < 1.29 is 4.79 Å². The van der Waals surface area contributed by atoms with Crippen LogP contribution >= 0.6 is 46.3 Å². The predicted molar refractivity (Wildman–Crippen MR) is 126 cm³/mol. The first-order valence-electron chi connectivity index (χ1n) is 9.23. The molecule has 0 aliphatic carbocycles. The highest BCUT2D eigenvalue weighted by Gasteiger charge is 2.15. The van der Waals surface area contributed by atoms with Gasteiger partial charge in [-0.05, 0) is 30.3 Å². The third-order valence-electron chi connectivity index (χ3n) is 4.61. The molecule has 3 aromatic heterocycles. The molecule has 0 aliphatic heterocycles. The highest BCUT2D eigenvalue weighted by molar-refractivity contribution is 7.99. The summed E-state index contributed by atoms with van der Waals surface area (Å²) in [6.45, 7) is 0. The molecule has 0 atom stereocenters. The minimum Gasteiger partial charge on any atom is -0.354 e. The van der Waals surface area contributed by atoms with Gasteiger partial charge in [0.1, 0.15) is 5.82 Å². The molecule has 0 radical (unpaired) electrons. The van der Waals surface area contributed by atoms with Gasteiger partial charge in [-0.1, -0.05) is 35.0 Å². The third-order valence-corrected chi connectivity index (χ3v) is 6.93. The molecule has 160 valence electrons. The Balaban J connectivity index is 1.35. The lowest BCUT2D eigenvalue weighted by molar-refractivity contribution is -0.113. The Bertz CT molecular complexity index is 1230. The zero-order chi connectivity index (χ0) is 22.0. The number of anilines is 1. The monoisotopic (exact) mass is 492 g/mol. The minimum absolute atomic E-state index is 0.167. The highest BCUT2D eigenvalue weighted by atomic mass is 35.5. The van der Waals surface area contributed by atoms with Crippen molar-refractivity contribution in [3.63, 3.8) is 0 Å². The Kier molecular flexibility index (Phi) is 6.66. The summed E-state index contributed by atoms with van der Waals surface area (Å²) < 4.78 is 3.96. The van der Waals surface area contributed by atoms with Crippen LogP contribution in [0.25, 0.3) is 11.3 Å². The summed E-state index contributed by atoms with van der Waals surface area (Å²) in [6.07, 6.45) is 2.67. The first-order chi connectivity index (χ1) is 14.9. The summed E-state index contributed by atoms with van der Waals surface area (Å²) in [5, 5.41) is 15.4. The predicted octanol–water partition coefficient (Wildman–Crippen LogP) is 4.91. The fraction of sp³-hybridized carbons (Fsp3) is 0.200. The largest absolute Gasteiger partial charge is 0.354 e. The molecule has 1 aromatic carbocycles. The van der Waals surface area contributed by atoms with Gasteiger partial charge in [0.15, 0.2) is 10.3 Å². The molecule has 3 heterocycles. The summed E-state index contributed by atoms with van der Waals surface area (Å²) in [4.78, 5) is 16.8. The van der Waals surface area contributed by atoms with Crippen molar-refractivity contribution in [2.45, 2.75) is 11.6 Å². The molecule has 4 rings (SSSR count). The van der Waals surface area contributed by atoms with Gasteiger partial charge in [0.05, 0.1) is 16.5 Å². The van der Waals surface area contributed by atoms with Crippen LogP contribution in [0.4, 0.5) is 5.13 Å². The first-order valence-corrected chi connectivity index (χ1v) is 11.8. The number of nitrogens with one attached hydrogen (secondary N) is 1. The average molecular weight is 493 g/mol. The molecule has 4 aromatic rings. The number of aryl methyl sites for hydroxylation is 1. The van der Waals surface area contributed by atoms with E-state index in [2.05, 4.69) is 31.1 Å². The van der Waals surface area contributed by atoms with Gasteiger partial charge in [0, 0.05) is 48.4 Å². The molecule has 1 N–H and O–H groups in total. The fourth-order valence-corrected chi connectivity index (χ4v) is 4.87. The van der Waals surface area contributed by atoms with Gasteiger partial charge in [0.2, 0.25) is 5.91 Å². The molecule has 0 bridgehead atoms. The number of thioether (sulfide) groups is 1. The molecule has 0 saturated heterocycles. The Labute approximate surface area is 197 Å². The quantitative estimate of drug-likeness (QED) is 0.371. The zero-order valence-electron chi connectivity index (χ0n) is 16.7. The lowest BCUT2D eigenvalue weighted by Crippen LogP contribution is -2.14. The van der Waals surface area contributed by atoms with Crippen molar-refractivity contribution in [1.29, 1.82) is 0 Å². The Morgan fingerprint density at radius 2 is 2.06 bits per heavy atom. The number of halogens is 2. The lowest BCUT2D eigenvalue weighted by Gasteiger charge is -2.05. The van der Waals surface area contributed by atoms with E-state index in [1.807, 2.05) is 42.4 Å². The van der Waals surface area contributed by atoms with Crippen LogP contribution in [0.3, 0.4) is 0 Å². The van der Waals surface area contributed by atoms with E-state index in [0.29, 0.717) is 32.4 Å². The second-order valence-corrected chi connectivity index (χ2v) is 9.39. The third kappa shape index (κ3) is 5.12. The number of rotatable bonds is 7. The number of amides is 1. The topological polar surface area (TPSA) is 77.6 Å². The second kappa shape index (κ2) is 9.44. The second-order valence-electron chi connectivity index (χ2n) is 6.74. The van der Waals surface area contributed by atoms with E-state index in [-0.39, 0.29) is 11.7 Å². The summed E-state index contributed by atoms with van der Waals surface area (Å²) >= 11 is 14.9. The standard InChI is InChI=1S/C20H18Cl2N6OS2/c1-27-7-3-4-13(27)9-17-25-26-20(28(17)2)31-11-18(29)24-19-23-16(10-30-19)14-6-5-12(21)8-15(14)22/h3-8,10H,9,11H2,1-2H3,(H,23,24,29). The fourth-order valence-electron chi connectivity index (χ4n) is 2.90. The van der Waals surface area contributed by atoms with Crippen LogP contribution in [-0.2, 0) is 25.3 Å². The smallest absolute Gasteiger partial charge is 0.236 e. The molecule has 7 nitrogen and oxygen atoms in total. The maximum Gasteiger partial charge on any atom is 0.236 e. The molecule has 11 heteroatoms. The van der Waals surface area contributed by atoms with Crippen molar-refractivity contribution in [3.05, 3.63) is 63.5 Å². The van der Waals surface area contributed by atoms with Crippen LogP contribution in [0.15, 0.2) is 47.1 Å². The minimum atomic E-state index is -0.167. The van der Waals surface area contributed by atoms with E-state index < -0.39 is 0 Å². The molecule has 0 aliphatic rings. The summed E-state index contributed by atoms with van der Waals surface area (Å²) in [6, 6.07) is 9.27.